The van der Waals surface area contributed by atoms with Gasteiger partial charge in [0.15, 0.2) is 0 Å². The molecule has 4 aromatic rings. The average molecular weight is 377 g/mol. The number of hydrogen-bond donors (Lipinski definition) is 0. The molecule has 0 fully saturated rings. The van der Waals surface area contributed by atoms with Gasteiger partial charge in [0.1, 0.15) is 12.4 Å². The summed E-state index contributed by atoms with van der Waals surface area (Å²) in [6, 6.07) is 23.3. The molecule has 0 unspecified atom stereocenters. The Kier molecular flexibility index (Phi) is 4.90. The average Bonchev–Trinajstić information content (AvgIpc) is 3.20. The number of hydrogen-bond acceptors (Lipinski definition) is 4. The molecule has 0 aliphatic rings. The van der Waals surface area contributed by atoms with E-state index in [-0.39, 0.29) is 0 Å². The van der Waals surface area contributed by atoms with Gasteiger partial charge in [-0.1, -0.05) is 59.2 Å². The number of ether oxygens (including phenoxy) is 1. The van der Waals surface area contributed by atoms with Gasteiger partial charge in [-0.05, 0) is 48.4 Å². The monoisotopic (exact) mass is 376 g/mol. The van der Waals surface area contributed by atoms with Gasteiger partial charge in [0.25, 0.3) is 5.89 Å². The zero-order chi connectivity index (χ0) is 18.6. The summed E-state index contributed by atoms with van der Waals surface area (Å²) in [5.41, 5.74) is 3.84. The first-order chi connectivity index (χ1) is 13.2. The number of halogens is 1. The zero-order valence-electron chi connectivity index (χ0n) is 14.7. The van der Waals surface area contributed by atoms with Crippen LogP contribution in [0.1, 0.15) is 11.1 Å². The van der Waals surface area contributed by atoms with E-state index in [1.54, 1.807) is 0 Å². The Morgan fingerprint density at radius 2 is 1.70 bits per heavy atom. The van der Waals surface area contributed by atoms with Crippen LogP contribution in [-0.2, 0) is 6.61 Å². The maximum absolute atomic E-state index is 6.04. The molecule has 5 heteroatoms. The normalized spacial score (nSPS) is 10.7. The van der Waals surface area contributed by atoms with E-state index in [1.165, 1.54) is 0 Å². The molecule has 0 radical (unpaired) electrons. The van der Waals surface area contributed by atoms with Crippen molar-refractivity contribution in [2.75, 3.05) is 0 Å². The maximum atomic E-state index is 6.04. The highest BCUT2D eigenvalue weighted by molar-refractivity contribution is 6.31. The fourth-order valence-electron chi connectivity index (χ4n) is 2.66. The van der Waals surface area contributed by atoms with E-state index in [0.29, 0.717) is 18.3 Å². The molecule has 27 heavy (non-hydrogen) atoms. The number of nitrogens with zero attached hydrogens (tertiary/aromatic N) is 2. The van der Waals surface area contributed by atoms with Crippen LogP contribution in [-0.4, -0.2) is 10.1 Å². The first kappa shape index (κ1) is 17.3. The molecule has 4 nitrogen and oxygen atoms in total. The van der Waals surface area contributed by atoms with Crippen LogP contribution in [0.2, 0.25) is 5.02 Å². The van der Waals surface area contributed by atoms with Gasteiger partial charge in [0.2, 0.25) is 5.82 Å². The Balaban J connectivity index is 1.44. The Morgan fingerprint density at radius 3 is 2.44 bits per heavy atom. The van der Waals surface area contributed by atoms with Gasteiger partial charge in [-0.2, -0.15) is 4.98 Å². The quantitative estimate of drug-likeness (QED) is 0.432. The zero-order valence-corrected chi connectivity index (χ0v) is 15.5. The van der Waals surface area contributed by atoms with E-state index in [0.717, 1.165) is 33.0 Å². The predicted octanol–water partition coefficient (Wildman–Crippen LogP) is 5.94. The summed E-state index contributed by atoms with van der Waals surface area (Å²) in [5, 5.41) is 4.79. The van der Waals surface area contributed by atoms with E-state index in [1.807, 2.05) is 79.7 Å². The van der Waals surface area contributed by atoms with Crippen LogP contribution < -0.4 is 4.74 Å². The van der Waals surface area contributed by atoms with Crippen molar-refractivity contribution in [2.24, 2.45) is 0 Å². The van der Waals surface area contributed by atoms with E-state index in [9.17, 15) is 0 Å². The van der Waals surface area contributed by atoms with Gasteiger partial charge in [-0.15, -0.1) is 0 Å². The second kappa shape index (κ2) is 7.64. The molecule has 1 aromatic heterocycles. The predicted molar refractivity (Wildman–Crippen MR) is 106 cm³/mol. The lowest BCUT2D eigenvalue weighted by Gasteiger charge is -2.08. The van der Waals surface area contributed by atoms with Crippen LogP contribution in [0.25, 0.3) is 22.8 Å². The van der Waals surface area contributed by atoms with Gasteiger partial charge in [-0.25, -0.2) is 0 Å². The molecule has 0 N–H and O–H groups in total. The number of benzene rings is 3. The molecule has 4 rings (SSSR count). The van der Waals surface area contributed by atoms with Crippen molar-refractivity contribution in [3.63, 3.8) is 0 Å². The molecule has 0 saturated carbocycles. The van der Waals surface area contributed by atoms with Crippen molar-refractivity contribution in [3.8, 4) is 28.6 Å². The minimum absolute atomic E-state index is 0.473. The first-order valence-corrected chi connectivity index (χ1v) is 8.94. The SMILES string of the molecule is Cc1cc(OCc2ccc(-c3nc(-c4ccccc4)no3)cc2)ccc1Cl. The molecule has 0 aliphatic heterocycles. The van der Waals surface area contributed by atoms with E-state index in [2.05, 4.69) is 10.1 Å². The third-order valence-corrected chi connectivity index (χ3v) is 4.62. The number of rotatable bonds is 5. The topological polar surface area (TPSA) is 48.2 Å². The Morgan fingerprint density at radius 1 is 0.926 bits per heavy atom. The summed E-state index contributed by atoms with van der Waals surface area (Å²) in [6.07, 6.45) is 0. The van der Waals surface area contributed by atoms with Crippen LogP contribution in [0.5, 0.6) is 5.75 Å². The maximum Gasteiger partial charge on any atom is 0.258 e. The molecular formula is C22H17ClN2O2. The minimum atomic E-state index is 0.473. The lowest BCUT2D eigenvalue weighted by molar-refractivity contribution is 0.306. The van der Waals surface area contributed by atoms with Crippen molar-refractivity contribution >= 4 is 11.6 Å². The third kappa shape index (κ3) is 4.01. The van der Waals surface area contributed by atoms with Crippen LogP contribution in [0, 0.1) is 6.92 Å². The largest absolute Gasteiger partial charge is 0.489 e. The molecule has 1 heterocycles. The molecule has 0 spiro atoms. The standard InChI is InChI=1S/C22H17ClN2O2/c1-15-13-19(11-12-20(15)23)26-14-16-7-9-18(10-8-16)22-24-21(25-27-22)17-5-3-2-4-6-17/h2-13H,14H2,1H3. The van der Waals surface area contributed by atoms with E-state index in [4.69, 9.17) is 20.9 Å². The Bertz CT molecular complexity index is 1040. The summed E-state index contributed by atoms with van der Waals surface area (Å²) in [6.45, 7) is 2.43. The molecule has 0 bridgehead atoms. The van der Waals surface area contributed by atoms with Crippen molar-refractivity contribution in [2.45, 2.75) is 13.5 Å². The number of aromatic nitrogens is 2. The van der Waals surface area contributed by atoms with Gasteiger partial charge in [0.05, 0.1) is 0 Å². The van der Waals surface area contributed by atoms with Gasteiger partial charge in [0, 0.05) is 16.1 Å². The number of aryl methyl sites for hydroxylation is 1. The third-order valence-electron chi connectivity index (χ3n) is 4.19. The summed E-state index contributed by atoms with van der Waals surface area (Å²) >= 11 is 6.04. The molecule has 0 aliphatic carbocycles. The highest BCUT2D eigenvalue weighted by atomic mass is 35.5. The highest BCUT2D eigenvalue weighted by Gasteiger charge is 2.10. The van der Waals surface area contributed by atoms with Crippen LogP contribution in [0.4, 0.5) is 0 Å². The second-order valence-electron chi connectivity index (χ2n) is 6.19. The van der Waals surface area contributed by atoms with E-state index < -0.39 is 0 Å². The Hall–Kier alpha value is -3.11. The van der Waals surface area contributed by atoms with Crippen molar-refractivity contribution in [3.05, 3.63) is 88.9 Å². The fourth-order valence-corrected chi connectivity index (χ4v) is 2.78. The second-order valence-corrected chi connectivity index (χ2v) is 6.59. The summed E-state index contributed by atoms with van der Waals surface area (Å²) in [7, 11) is 0. The van der Waals surface area contributed by atoms with Gasteiger partial charge >= 0.3 is 0 Å². The van der Waals surface area contributed by atoms with E-state index >= 15 is 0 Å². The summed E-state index contributed by atoms with van der Waals surface area (Å²) < 4.78 is 11.2. The van der Waals surface area contributed by atoms with Crippen molar-refractivity contribution in [1.29, 1.82) is 0 Å². The molecule has 0 amide bonds. The Labute approximate surface area is 162 Å². The molecule has 0 saturated heterocycles. The highest BCUT2D eigenvalue weighted by Crippen LogP contribution is 2.24. The molecule has 0 atom stereocenters. The van der Waals surface area contributed by atoms with Gasteiger partial charge < -0.3 is 9.26 Å². The lowest BCUT2D eigenvalue weighted by atomic mass is 10.1. The fraction of sp³-hybridized carbons (Fsp3) is 0.0909. The van der Waals surface area contributed by atoms with Crippen LogP contribution in [0.15, 0.2) is 77.3 Å². The first-order valence-electron chi connectivity index (χ1n) is 8.56. The summed E-state index contributed by atoms with van der Waals surface area (Å²) in [4.78, 5) is 4.47. The minimum Gasteiger partial charge on any atom is -0.489 e. The van der Waals surface area contributed by atoms with Crippen molar-refractivity contribution in [1.82, 2.24) is 10.1 Å². The van der Waals surface area contributed by atoms with Gasteiger partial charge in [-0.3, -0.25) is 0 Å². The molecule has 3 aromatic carbocycles. The van der Waals surface area contributed by atoms with Crippen LogP contribution in [0.3, 0.4) is 0 Å². The van der Waals surface area contributed by atoms with Crippen molar-refractivity contribution < 1.29 is 9.26 Å². The van der Waals surface area contributed by atoms with Crippen LogP contribution >= 0.6 is 11.6 Å². The smallest absolute Gasteiger partial charge is 0.258 e. The lowest BCUT2D eigenvalue weighted by Crippen LogP contribution is -1.95. The summed E-state index contributed by atoms with van der Waals surface area (Å²) in [5.74, 6) is 1.87. The molecular weight excluding hydrogens is 360 g/mol. The molecule has 134 valence electrons.